The van der Waals surface area contributed by atoms with E-state index in [1.165, 1.54) is 11.9 Å². The van der Waals surface area contributed by atoms with Crippen LogP contribution in [-0.4, -0.2) is 83.6 Å². The van der Waals surface area contributed by atoms with Gasteiger partial charge in [0.15, 0.2) is 6.23 Å². The molecule has 1 aliphatic carbocycles. The lowest BCUT2D eigenvalue weighted by Crippen LogP contribution is -2.52. The Morgan fingerprint density at radius 2 is 1.93 bits per heavy atom. The van der Waals surface area contributed by atoms with E-state index in [1.807, 2.05) is 19.3 Å². The third kappa shape index (κ3) is 5.41. The lowest BCUT2D eigenvalue weighted by Gasteiger charge is -2.46. The first kappa shape index (κ1) is 29.0. The molecule has 6 rings (SSSR count). The number of aromatic nitrogens is 5. The van der Waals surface area contributed by atoms with Crippen molar-refractivity contribution in [3.05, 3.63) is 48.2 Å². The Morgan fingerprint density at radius 1 is 1.14 bits per heavy atom. The number of imidazole rings is 1. The van der Waals surface area contributed by atoms with Crippen LogP contribution in [0.4, 0.5) is 5.82 Å². The average Bonchev–Trinajstić information content (AvgIpc) is 3.61. The van der Waals surface area contributed by atoms with Crippen molar-refractivity contribution in [3.63, 3.8) is 0 Å². The van der Waals surface area contributed by atoms with Gasteiger partial charge < -0.3 is 29.8 Å². The van der Waals surface area contributed by atoms with E-state index in [1.54, 1.807) is 4.57 Å². The quantitative estimate of drug-likeness (QED) is 0.232. The van der Waals surface area contributed by atoms with E-state index in [-0.39, 0.29) is 5.41 Å². The summed E-state index contributed by atoms with van der Waals surface area (Å²) < 4.78 is 8.13. The first-order chi connectivity index (χ1) is 20.0. The fourth-order valence-corrected chi connectivity index (χ4v) is 6.67. The molecule has 10 nitrogen and oxygen atoms in total. The standard InChI is InChI=1S/C32H45N7O3/c1-18(2)39(16-25-27(40)28(41)31(42-25)38-12-11-22-29(33-6)34-17-35-30(22)38)21-13-19(14-21)7-10-26-36-23-9-8-20(32(3,4)5)15-24(23)37-26/h8-9,11-12,15,17-19,21,25,27-28,31,40-41H,7,10,13-14,16H2,1-6H3,(H,36,37)(H,33,34,35)/t19?,21?,25-,27?,28+,31-/m1/s1. The van der Waals surface area contributed by atoms with Crippen LogP contribution in [0.1, 0.15) is 71.5 Å². The molecule has 1 saturated carbocycles. The van der Waals surface area contributed by atoms with E-state index in [4.69, 9.17) is 9.72 Å². The molecule has 2 aliphatic rings. The monoisotopic (exact) mass is 575 g/mol. The maximum Gasteiger partial charge on any atom is 0.164 e. The number of fused-ring (bicyclic) bond motifs is 2. The van der Waals surface area contributed by atoms with Gasteiger partial charge in [-0.3, -0.25) is 4.90 Å². The number of aromatic amines is 1. The highest BCUT2D eigenvalue weighted by Crippen LogP contribution is 2.39. The molecule has 0 bridgehead atoms. The summed E-state index contributed by atoms with van der Waals surface area (Å²) >= 11 is 0. The highest BCUT2D eigenvalue weighted by Gasteiger charge is 2.46. The Morgan fingerprint density at radius 3 is 2.64 bits per heavy atom. The Hall–Kier alpha value is -3.05. The van der Waals surface area contributed by atoms with Crippen molar-refractivity contribution in [1.82, 2.24) is 29.4 Å². The van der Waals surface area contributed by atoms with Crippen LogP contribution in [0.5, 0.6) is 0 Å². The van der Waals surface area contributed by atoms with Crippen LogP contribution in [0.15, 0.2) is 36.8 Å². The molecule has 2 fully saturated rings. The van der Waals surface area contributed by atoms with Crippen molar-refractivity contribution in [2.75, 3.05) is 18.9 Å². The van der Waals surface area contributed by atoms with Crippen molar-refractivity contribution < 1.29 is 14.9 Å². The van der Waals surface area contributed by atoms with E-state index in [0.29, 0.717) is 36.0 Å². The predicted octanol–water partition coefficient (Wildman–Crippen LogP) is 4.39. The second-order valence-electron chi connectivity index (χ2n) is 13.5. The summed E-state index contributed by atoms with van der Waals surface area (Å²) in [7, 11) is 1.81. The van der Waals surface area contributed by atoms with Gasteiger partial charge in [0.2, 0.25) is 0 Å². The van der Waals surface area contributed by atoms with Gasteiger partial charge in [-0.05, 0) is 68.2 Å². The van der Waals surface area contributed by atoms with E-state index < -0.39 is 24.5 Å². The molecular formula is C32H45N7O3. The van der Waals surface area contributed by atoms with E-state index in [2.05, 4.69) is 78.0 Å². The molecule has 0 spiro atoms. The zero-order valence-corrected chi connectivity index (χ0v) is 25.6. The van der Waals surface area contributed by atoms with Gasteiger partial charge in [-0.15, -0.1) is 0 Å². The normalized spacial score (nSPS) is 26.5. The predicted molar refractivity (Wildman–Crippen MR) is 164 cm³/mol. The SMILES string of the molecule is CNc1ncnc2c1ccn2[C@@H]1O[C@H](CN(C(C)C)C2CC(CCc3nc4ccc(C(C)(C)C)cc4[nH]3)C2)C(O)[C@@H]1O. The van der Waals surface area contributed by atoms with Gasteiger partial charge in [-0.1, -0.05) is 26.8 Å². The number of hydrogen-bond acceptors (Lipinski definition) is 8. The van der Waals surface area contributed by atoms with Crippen LogP contribution >= 0.6 is 0 Å². The Bertz CT molecular complexity index is 1530. The highest BCUT2D eigenvalue weighted by atomic mass is 16.6. The molecule has 42 heavy (non-hydrogen) atoms. The molecule has 3 aromatic heterocycles. The fourth-order valence-electron chi connectivity index (χ4n) is 6.67. The van der Waals surface area contributed by atoms with Crippen LogP contribution < -0.4 is 5.32 Å². The maximum absolute atomic E-state index is 11.0. The van der Waals surface area contributed by atoms with E-state index in [0.717, 1.165) is 47.9 Å². The number of nitrogens with one attached hydrogen (secondary N) is 2. The number of benzene rings is 1. The minimum atomic E-state index is -1.05. The average molecular weight is 576 g/mol. The summed E-state index contributed by atoms with van der Waals surface area (Å²) in [5, 5.41) is 25.9. The molecule has 1 unspecified atom stereocenters. The van der Waals surface area contributed by atoms with Crippen molar-refractivity contribution in [3.8, 4) is 0 Å². The third-order valence-electron chi connectivity index (χ3n) is 9.28. The lowest BCUT2D eigenvalue weighted by atomic mass is 9.76. The fraction of sp³-hybridized carbons (Fsp3) is 0.594. The summed E-state index contributed by atoms with van der Waals surface area (Å²) in [4.78, 5) is 19.5. The van der Waals surface area contributed by atoms with Crippen LogP contribution in [0.25, 0.3) is 22.1 Å². The minimum Gasteiger partial charge on any atom is -0.387 e. The Balaban J connectivity index is 1.06. The van der Waals surface area contributed by atoms with Crippen molar-refractivity contribution in [2.45, 2.75) is 102 Å². The minimum absolute atomic E-state index is 0.114. The molecule has 10 heteroatoms. The number of ether oxygens (including phenoxy) is 1. The number of H-pyrrole nitrogens is 1. The zero-order valence-electron chi connectivity index (χ0n) is 25.6. The first-order valence-corrected chi connectivity index (χ1v) is 15.3. The molecule has 226 valence electrons. The molecule has 0 radical (unpaired) electrons. The summed E-state index contributed by atoms with van der Waals surface area (Å²) in [6.07, 6.45) is 4.37. The van der Waals surface area contributed by atoms with Crippen molar-refractivity contribution in [2.24, 2.45) is 5.92 Å². The van der Waals surface area contributed by atoms with Gasteiger partial charge in [0.05, 0.1) is 16.4 Å². The molecule has 4 atom stereocenters. The smallest absolute Gasteiger partial charge is 0.164 e. The summed E-state index contributed by atoms with van der Waals surface area (Å²) in [6.45, 7) is 11.7. The van der Waals surface area contributed by atoms with Crippen LogP contribution in [-0.2, 0) is 16.6 Å². The van der Waals surface area contributed by atoms with Crippen molar-refractivity contribution in [1.29, 1.82) is 0 Å². The Labute approximate surface area is 247 Å². The second-order valence-corrected chi connectivity index (χ2v) is 13.5. The number of anilines is 1. The van der Waals surface area contributed by atoms with Gasteiger partial charge in [0, 0.05) is 38.3 Å². The van der Waals surface area contributed by atoms with Gasteiger partial charge in [0.25, 0.3) is 0 Å². The molecule has 4 aromatic rings. The summed E-state index contributed by atoms with van der Waals surface area (Å²) in [5.41, 5.74) is 4.24. The van der Waals surface area contributed by atoms with Gasteiger partial charge in [-0.2, -0.15) is 0 Å². The zero-order chi connectivity index (χ0) is 29.8. The number of aryl methyl sites for hydroxylation is 1. The molecule has 0 amide bonds. The first-order valence-electron chi connectivity index (χ1n) is 15.3. The number of hydrogen-bond donors (Lipinski definition) is 4. The number of aliphatic hydroxyl groups is 2. The lowest BCUT2D eigenvalue weighted by molar-refractivity contribution is -0.0618. The topological polar surface area (TPSA) is 124 Å². The molecule has 1 aliphatic heterocycles. The molecule has 1 aromatic carbocycles. The van der Waals surface area contributed by atoms with E-state index in [9.17, 15) is 10.2 Å². The van der Waals surface area contributed by atoms with Crippen LogP contribution in [0.2, 0.25) is 0 Å². The third-order valence-corrected chi connectivity index (χ3v) is 9.28. The second kappa shape index (κ2) is 11.2. The largest absolute Gasteiger partial charge is 0.387 e. The van der Waals surface area contributed by atoms with Gasteiger partial charge in [-0.25, -0.2) is 15.0 Å². The number of rotatable bonds is 9. The van der Waals surface area contributed by atoms with Gasteiger partial charge >= 0.3 is 0 Å². The van der Waals surface area contributed by atoms with Crippen molar-refractivity contribution >= 4 is 27.9 Å². The summed E-state index contributed by atoms with van der Waals surface area (Å²) in [5.74, 6) is 2.42. The molecule has 4 N–H and O–H groups in total. The highest BCUT2D eigenvalue weighted by molar-refractivity contribution is 5.87. The number of aliphatic hydroxyl groups excluding tert-OH is 2. The molecular weight excluding hydrogens is 530 g/mol. The number of nitrogens with zero attached hydrogens (tertiary/aromatic N) is 5. The molecule has 4 heterocycles. The van der Waals surface area contributed by atoms with E-state index >= 15 is 0 Å². The Kier molecular flexibility index (Phi) is 7.76. The van der Waals surface area contributed by atoms with Crippen LogP contribution in [0.3, 0.4) is 0 Å². The maximum atomic E-state index is 11.0. The molecule has 1 saturated heterocycles. The van der Waals surface area contributed by atoms with Crippen LogP contribution in [0, 0.1) is 5.92 Å². The summed E-state index contributed by atoms with van der Waals surface area (Å²) in [6, 6.07) is 9.19. The van der Waals surface area contributed by atoms with Gasteiger partial charge in [0.1, 0.15) is 41.9 Å².